The zero-order chi connectivity index (χ0) is 18.3. The van der Waals surface area contributed by atoms with Crippen molar-refractivity contribution in [2.24, 2.45) is 5.92 Å². The Bertz CT molecular complexity index is 812. The molecule has 1 fully saturated rings. The number of H-pyrrole nitrogens is 1. The lowest BCUT2D eigenvalue weighted by Crippen LogP contribution is -2.63. The second kappa shape index (κ2) is 6.73. The number of aromatic nitrogens is 1. The number of piperidine rings is 1. The lowest BCUT2D eigenvalue weighted by molar-refractivity contribution is -0.942. The summed E-state index contributed by atoms with van der Waals surface area (Å²) in [5.41, 5.74) is 4.11. The molecule has 2 heterocycles. The highest BCUT2D eigenvalue weighted by molar-refractivity contribution is 5.88. The molecule has 26 heavy (non-hydrogen) atoms. The highest BCUT2D eigenvalue weighted by Crippen LogP contribution is 2.47. The molecule has 4 nitrogen and oxygen atoms in total. The second-order valence-corrected chi connectivity index (χ2v) is 8.45. The number of hydrogen-bond acceptors (Lipinski definition) is 2. The third kappa shape index (κ3) is 2.75. The van der Waals surface area contributed by atoms with E-state index in [4.69, 9.17) is 4.74 Å². The molecule has 1 aromatic heterocycles. The minimum Gasteiger partial charge on any atom is -0.465 e. The highest BCUT2D eigenvalue weighted by atomic mass is 16.5. The Morgan fingerprint density at radius 1 is 1.31 bits per heavy atom. The van der Waals surface area contributed by atoms with Crippen molar-refractivity contribution < 1.29 is 14.0 Å². The normalized spacial score (nSPS) is 30.2. The maximum absolute atomic E-state index is 12.7. The van der Waals surface area contributed by atoms with Gasteiger partial charge in [0.15, 0.2) is 0 Å². The minimum absolute atomic E-state index is 0.00935. The summed E-state index contributed by atoms with van der Waals surface area (Å²) in [6.45, 7) is 6.87. The van der Waals surface area contributed by atoms with Gasteiger partial charge in [-0.25, -0.2) is 0 Å². The number of likely N-dealkylation sites (tertiary alicyclic amines) is 1. The molecule has 4 heteroatoms. The lowest BCUT2D eigenvalue weighted by Gasteiger charge is -2.52. The Balaban J connectivity index is 1.73. The van der Waals surface area contributed by atoms with Crippen LogP contribution >= 0.6 is 0 Å². The molecular weight excluding hydrogens is 324 g/mol. The molecule has 1 aromatic carbocycles. The summed E-state index contributed by atoms with van der Waals surface area (Å²) >= 11 is 0. The van der Waals surface area contributed by atoms with Gasteiger partial charge in [-0.1, -0.05) is 26.0 Å². The number of nitrogens with one attached hydrogen (secondary N) is 1. The van der Waals surface area contributed by atoms with Gasteiger partial charge in [0, 0.05) is 29.4 Å². The largest absolute Gasteiger partial charge is 0.465 e. The molecule has 0 radical (unpaired) electrons. The lowest BCUT2D eigenvalue weighted by atomic mass is 9.71. The first-order valence-corrected chi connectivity index (χ1v) is 10.2. The predicted octanol–water partition coefficient (Wildman–Crippen LogP) is 4.01. The quantitative estimate of drug-likeness (QED) is 0.650. The fourth-order valence-corrected chi connectivity index (χ4v) is 5.55. The maximum Gasteiger partial charge on any atom is 0.314 e. The summed E-state index contributed by atoms with van der Waals surface area (Å²) in [6.07, 6.45) is 6.25. The van der Waals surface area contributed by atoms with Crippen molar-refractivity contribution >= 4 is 16.9 Å². The van der Waals surface area contributed by atoms with Crippen LogP contribution < -0.4 is 0 Å². The smallest absolute Gasteiger partial charge is 0.314 e. The van der Waals surface area contributed by atoms with Crippen LogP contribution in [0.15, 0.2) is 24.4 Å². The van der Waals surface area contributed by atoms with Crippen LogP contribution in [0.5, 0.6) is 0 Å². The number of fused-ring (bicyclic) bond motifs is 2. The van der Waals surface area contributed by atoms with E-state index in [2.05, 4.69) is 50.3 Å². The van der Waals surface area contributed by atoms with E-state index in [-0.39, 0.29) is 11.9 Å². The van der Waals surface area contributed by atoms with Gasteiger partial charge in [0.1, 0.15) is 5.92 Å². The van der Waals surface area contributed by atoms with E-state index < -0.39 is 0 Å². The summed E-state index contributed by atoms with van der Waals surface area (Å²) in [6, 6.07) is 7.16. The van der Waals surface area contributed by atoms with Crippen LogP contribution in [-0.2, 0) is 16.0 Å². The number of likely N-dealkylation sites (N-methyl/N-ethyl adjacent to an activating group) is 1. The Kier molecular flexibility index (Phi) is 4.55. The summed E-state index contributed by atoms with van der Waals surface area (Å²) in [4.78, 5) is 16.2. The molecule has 2 aliphatic rings. The van der Waals surface area contributed by atoms with Gasteiger partial charge in [-0.05, 0) is 36.5 Å². The van der Waals surface area contributed by atoms with Crippen LogP contribution in [0.1, 0.15) is 50.2 Å². The minimum atomic E-state index is 0.00935. The molecule has 1 N–H and O–H groups in total. The number of ether oxygens (including phenoxy) is 1. The zero-order valence-electron chi connectivity index (χ0n) is 16.3. The molecule has 1 aliphatic carbocycles. The number of carbonyl (C=O) groups is 1. The van der Waals surface area contributed by atoms with E-state index in [1.165, 1.54) is 22.0 Å². The van der Waals surface area contributed by atoms with Gasteiger partial charge in [0.2, 0.25) is 0 Å². The van der Waals surface area contributed by atoms with Crippen molar-refractivity contribution in [3.05, 3.63) is 35.5 Å². The van der Waals surface area contributed by atoms with Crippen molar-refractivity contribution in [3.63, 3.8) is 0 Å². The summed E-state index contributed by atoms with van der Waals surface area (Å²) in [7, 11) is 2.36. The molecule has 0 spiro atoms. The molecule has 0 bridgehead atoms. The molecule has 0 amide bonds. The van der Waals surface area contributed by atoms with Crippen molar-refractivity contribution in [1.29, 1.82) is 0 Å². The second-order valence-electron chi connectivity index (χ2n) is 8.45. The van der Waals surface area contributed by atoms with Gasteiger partial charge >= 0.3 is 5.97 Å². The molecule has 1 aliphatic heterocycles. The van der Waals surface area contributed by atoms with Gasteiger partial charge in [-0.15, -0.1) is 0 Å². The van der Waals surface area contributed by atoms with E-state index in [0.717, 1.165) is 43.3 Å². The number of nitrogens with zero attached hydrogens (tertiary/aromatic N) is 1. The number of quaternary nitrogens is 1. The molecule has 2 unspecified atom stereocenters. The number of aromatic amines is 1. The third-order valence-electron chi connectivity index (χ3n) is 6.61. The number of hydrogen-bond donors (Lipinski definition) is 1. The van der Waals surface area contributed by atoms with Crippen molar-refractivity contribution in [2.75, 3.05) is 26.7 Å². The first-order chi connectivity index (χ1) is 12.6. The molecule has 1 saturated heterocycles. The van der Waals surface area contributed by atoms with Crippen LogP contribution in [0.3, 0.4) is 0 Å². The van der Waals surface area contributed by atoms with Gasteiger partial charge in [0.25, 0.3) is 0 Å². The molecule has 140 valence electrons. The van der Waals surface area contributed by atoms with Gasteiger partial charge in [-0.3, -0.25) is 4.79 Å². The average molecular weight is 356 g/mol. The number of benzene rings is 1. The van der Waals surface area contributed by atoms with Crippen LogP contribution in [0.2, 0.25) is 0 Å². The monoisotopic (exact) mass is 355 g/mol. The van der Waals surface area contributed by atoms with E-state index in [1.54, 1.807) is 0 Å². The standard InChI is InChI=1S/C22H31N2O2/c1-4-9-24(3)14-16(22(25)26-10-5-2)11-18-17-7-6-8-19-21(17)15(13-23-19)12-20(18)24/h6-8,13,16,18,20,23H,4-5,9-12,14H2,1-3H3/q+1/t16?,18-,20-,24?/m0/s1. The first kappa shape index (κ1) is 17.6. The SMILES string of the molecule is CCCOC(=O)C1C[C@H]2c3cccc4[nH]cc(c34)C[C@@H]2[N+](C)(CCC)C1. The fourth-order valence-electron chi connectivity index (χ4n) is 5.55. The first-order valence-electron chi connectivity index (χ1n) is 10.2. The average Bonchev–Trinajstić information content (AvgIpc) is 3.05. The van der Waals surface area contributed by atoms with Crippen LogP contribution in [0.4, 0.5) is 0 Å². The van der Waals surface area contributed by atoms with Crippen molar-refractivity contribution in [1.82, 2.24) is 4.98 Å². The van der Waals surface area contributed by atoms with E-state index in [1.807, 2.05) is 0 Å². The van der Waals surface area contributed by atoms with Gasteiger partial charge < -0.3 is 14.2 Å². The van der Waals surface area contributed by atoms with Crippen LogP contribution in [0.25, 0.3) is 10.9 Å². The fraction of sp³-hybridized carbons (Fsp3) is 0.591. The highest BCUT2D eigenvalue weighted by Gasteiger charge is 2.50. The molecule has 2 aromatic rings. The molecule has 4 rings (SSSR count). The number of carbonyl (C=O) groups excluding carboxylic acids is 1. The molecular formula is C22H31N2O2+. The Labute approximate surface area is 156 Å². The Hall–Kier alpha value is -1.81. The molecule has 4 atom stereocenters. The van der Waals surface area contributed by atoms with Crippen LogP contribution in [0, 0.1) is 5.92 Å². The molecule has 0 saturated carbocycles. The van der Waals surface area contributed by atoms with E-state index >= 15 is 0 Å². The maximum atomic E-state index is 12.7. The van der Waals surface area contributed by atoms with Crippen molar-refractivity contribution in [3.8, 4) is 0 Å². The topological polar surface area (TPSA) is 42.1 Å². The Morgan fingerprint density at radius 3 is 2.92 bits per heavy atom. The van der Waals surface area contributed by atoms with Gasteiger partial charge in [0.05, 0.1) is 32.8 Å². The van der Waals surface area contributed by atoms with Crippen molar-refractivity contribution in [2.45, 2.75) is 51.5 Å². The predicted molar refractivity (Wildman–Crippen MR) is 104 cm³/mol. The summed E-state index contributed by atoms with van der Waals surface area (Å²) in [5.74, 6) is 0.458. The zero-order valence-corrected chi connectivity index (χ0v) is 16.3. The summed E-state index contributed by atoms with van der Waals surface area (Å²) < 4.78 is 6.53. The third-order valence-corrected chi connectivity index (χ3v) is 6.61. The van der Waals surface area contributed by atoms with Crippen LogP contribution in [-0.4, -0.2) is 48.2 Å². The van der Waals surface area contributed by atoms with Gasteiger partial charge in [-0.2, -0.15) is 0 Å². The van der Waals surface area contributed by atoms with E-state index in [0.29, 0.717) is 18.6 Å². The Morgan fingerprint density at radius 2 is 2.15 bits per heavy atom. The summed E-state index contributed by atoms with van der Waals surface area (Å²) in [5, 5.41) is 1.40. The number of rotatable bonds is 5. The number of esters is 1. The van der Waals surface area contributed by atoms with E-state index in [9.17, 15) is 4.79 Å².